The van der Waals surface area contributed by atoms with E-state index in [9.17, 15) is 5.11 Å². The van der Waals surface area contributed by atoms with Crippen LogP contribution in [0.5, 0.6) is 5.75 Å². The van der Waals surface area contributed by atoms with E-state index in [1.54, 1.807) is 7.11 Å². The van der Waals surface area contributed by atoms with Gasteiger partial charge in [-0.25, -0.2) is 0 Å². The molecule has 1 aromatic heterocycles. The first kappa shape index (κ1) is 14.6. The van der Waals surface area contributed by atoms with Gasteiger partial charge in [0.2, 0.25) is 0 Å². The van der Waals surface area contributed by atoms with Crippen LogP contribution in [0.15, 0.2) is 24.3 Å². The summed E-state index contributed by atoms with van der Waals surface area (Å²) in [6.45, 7) is 8.06. The first-order valence-electron chi connectivity index (χ1n) is 6.80. The van der Waals surface area contributed by atoms with E-state index in [4.69, 9.17) is 4.74 Å². The molecule has 1 heterocycles. The maximum atomic E-state index is 10.5. The summed E-state index contributed by atoms with van der Waals surface area (Å²) < 4.78 is 7.04. The molecule has 0 radical (unpaired) electrons. The summed E-state index contributed by atoms with van der Waals surface area (Å²) in [6, 6.07) is 7.38. The average molecular weight is 274 g/mol. The molecular weight excluding hydrogens is 252 g/mol. The standard InChI is InChI=1S/C16H22N2O2/c1-10-11(2)17-18(12(10)3)13(4)16(19)14-6-8-15(20-5)9-7-14/h6-9,13,16,19H,1-5H3. The first-order chi connectivity index (χ1) is 9.45. The van der Waals surface area contributed by atoms with Crippen LogP contribution in [0, 0.1) is 20.8 Å². The van der Waals surface area contributed by atoms with Crippen molar-refractivity contribution in [1.29, 1.82) is 0 Å². The number of hydrogen-bond acceptors (Lipinski definition) is 3. The Morgan fingerprint density at radius 1 is 1.15 bits per heavy atom. The van der Waals surface area contributed by atoms with Gasteiger partial charge in [-0.05, 0) is 51.0 Å². The minimum absolute atomic E-state index is 0.115. The highest BCUT2D eigenvalue weighted by Crippen LogP contribution is 2.29. The zero-order valence-corrected chi connectivity index (χ0v) is 12.7. The second-order valence-electron chi connectivity index (χ2n) is 5.20. The van der Waals surface area contributed by atoms with Crippen LogP contribution in [0.1, 0.15) is 41.6 Å². The number of rotatable bonds is 4. The second-order valence-corrected chi connectivity index (χ2v) is 5.20. The van der Waals surface area contributed by atoms with Crippen LogP contribution in [0.25, 0.3) is 0 Å². The van der Waals surface area contributed by atoms with Crippen molar-refractivity contribution in [3.8, 4) is 5.75 Å². The monoisotopic (exact) mass is 274 g/mol. The first-order valence-corrected chi connectivity index (χ1v) is 6.80. The molecule has 1 N–H and O–H groups in total. The van der Waals surface area contributed by atoms with Crippen LogP contribution >= 0.6 is 0 Å². The lowest BCUT2D eigenvalue weighted by Crippen LogP contribution is -2.17. The van der Waals surface area contributed by atoms with Crippen LogP contribution < -0.4 is 4.74 Å². The molecule has 108 valence electrons. The molecule has 0 amide bonds. The highest BCUT2D eigenvalue weighted by molar-refractivity contribution is 5.29. The third-order valence-electron chi connectivity index (χ3n) is 3.99. The molecule has 2 rings (SSSR count). The molecule has 0 fully saturated rings. The van der Waals surface area contributed by atoms with Gasteiger partial charge in [0.05, 0.1) is 18.8 Å². The number of aryl methyl sites for hydroxylation is 1. The lowest BCUT2D eigenvalue weighted by molar-refractivity contribution is 0.114. The number of aromatic nitrogens is 2. The molecule has 0 aliphatic carbocycles. The van der Waals surface area contributed by atoms with Crippen LogP contribution in [-0.4, -0.2) is 22.0 Å². The van der Waals surface area contributed by atoms with Gasteiger partial charge in [0, 0.05) is 5.69 Å². The molecule has 0 saturated heterocycles. The molecule has 0 spiro atoms. The molecule has 4 nitrogen and oxygen atoms in total. The molecule has 20 heavy (non-hydrogen) atoms. The van der Waals surface area contributed by atoms with Gasteiger partial charge in [-0.3, -0.25) is 4.68 Å². The van der Waals surface area contributed by atoms with E-state index in [1.807, 2.05) is 49.7 Å². The number of methoxy groups -OCH3 is 1. The molecular formula is C16H22N2O2. The van der Waals surface area contributed by atoms with E-state index in [-0.39, 0.29) is 6.04 Å². The van der Waals surface area contributed by atoms with Crippen LogP contribution in [-0.2, 0) is 0 Å². The number of hydrogen-bond donors (Lipinski definition) is 1. The highest BCUT2D eigenvalue weighted by Gasteiger charge is 2.21. The van der Waals surface area contributed by atoms with Gasteiger partial charge in [-0.1, -0.05) is 12.1 Å². The number of nitrogens with zero attached hydrogens (tertiary/aromatic N) is 2. The molecule has 2 unspecified atom stereocenters. The van der Waals surface area contributed by atoms with Crippen molar-refractivity contribution in [3.63, 3.8) is 0 Å². The average Bonchev–Trinajstić information content (AvgIpc) is 2.73. The quantitative estimate of drug-likeness (QED) is 0.932. The third kappa shape index (κ3) is 2.56. The van der Waals surface area contributed by atoms with E-state index in [2.05, 4.69) is 12.0 Å². The molecule has 4 heteroatoms. The lowest BCUT2D eigenvalue weighted by Gasteiger charge is -2.21. The predicted molar refractivity (Wildman–Crippen MR) is 79.1 cm³/mol. The maximum Gasteiger partial charge on any atom is 0.118 e. The van der Waals surface area contributed by atoms with Crippen molar-refractivity contribution >= 4 is 0 Å². The Morgan fingerprint density at radius 2 is 1.75 bits per heavy atom. The molecule has 1 aromatic carbocycles. The fourth-order valence-electron chi connectivity index (χ4n) is 2.36. The summed E-state index contributed by atoms with van der Waals surface area (Å²) in [5.41, 5.74) is 4.15. The Morgan fingerprint density at radius 3 is 2.20 bits per heavy atom. The smallest absolute Gasteiger partial charge is 0.118 e. The lowest BCUT2D eigenvalue weighted by atomic mass is 10.0. The maximum absolute atomic E-state index is 10.5. The molecule has 2 atom stereocenters. The number of benzene rings is 1. The Labute approximate surface area is 120 Å². The van der Waals surface area contributed by atoms with E-state index >= 15 is 0 Å². The van der Waals surface area contributed by atoms with Crippen LogP contribution in [0.3, 0.4) is 0 Å². The Hall–Kier alpha value is -1.81. The van der Waals surface area contributed by atoms with Gasteiger partial charge in [-0.2, -0.15) is 5.10 Å². The Balaban J connectivity index is 2.27. The van der Waals surface area contributed by atoms with Gasteiger partial charge in [-0.15, -0.1) is 0 Å². The van der Waals surface area contributed by atoms with Crippen molar-refractivity contribution < 1.29 is 9.84 Å². The van der Waals surface area contributed by atoms with E-state index in [1.165, 1.54) is 5.56 Å². The van der Waals surface area contributed by atoms with E-state index in [0.29, 0.717) is 0 Å². The summed E-state index contributed by atoms with van der Waals surface area (Å²) in [7, 11) is 1.63. The minimum atomic E-state index is -0.599. The molecule has 0 bridgehead atoms. The number of aliphatic hydroxyl groups excluding tert-OH is 1. The molecule has 0 aliphatic heterocycles. The SMILES string of the molecule is COc1ccc(C(O)C(C)n2nc(C)c(C)c2C)cc1. The van der Waals surface area contributed by atoms with Crippen molar-refractivity contribution in [2.75, 3.05) is 7.11 Å². The fourth-order valence-corrected chi connectivity index (χ4v) is 2.36. The van der Waals surface area contributed by atoms with Crippen LogP contribution in [0.4, 0.5) is 0 Å². The molecule has 0 aliphatic rings. The fraction of sp³-hybridized carbons (Fsp3) is 0.438. The largest absolute Gasteiger partial charge is 0.497 e. The van der Waals surface area contributed by atoms with Crippen LogP contribution in [0.2, 0.25) is 0 Å². The Bertz CT molecular complexity index is 587. The summed E-state index contributed by atoms with van der Waals surface area (Å²) in [5, 5.41) is 15.1. The Kier molecular flexibility index (Phi) is 4.14. The second kappa shape index (κ2) is 5.67. The highest BCUT2D eigenvalue weighted by atomic mass is 16.5. The van der Waals surface area contributed by atoms with Crippen molar-refractivity contribution in [2.24, 2.45) is 0 Å². The predicted octanol–water partition coefficient (Wildman–Crippen LogP) is 3.11. The topological polar surface area (TPSA) is 47.3 Å². The number of ether oxygens (including phenoxy) is 1. The van der Waals surface area contributed by atoms with Crippen molar-refractivity contribution in [1.82, 2.24) is 9.78 Å². The van der Waals surface area contributed by atoms with E-state index < -0.39 is 6.10 Å². The zero-order chi connectivity index (χ0) is 14.9. The summed E-state index contributed by atoms with van der Waals surface area (Å²) in [6.07, 6.45) is -0.599. The van der Waals surface area contributed by atoms with Gasteiger partial charge < -0.3 is 9.84 Å². The molecule has 0 saturated carbocycles. The minimum Gasteiger partial charge on any atom is -0.497 e. The van der Waals surface area contributed by atoms with Gasteiger partial charge in [0.25, 0.3) is 0 Å². The van der Waals surface area contributed by atoms with Crippen molar-refractivity contribution in [2.45, 2.75) is 39.8 Å². The summed E-state index contributed by atoms with van der Waals surface area (Å²) >= 11 is 0. The van der Waals surface area contributed by atoms with Crippen molar-refractivity contribution in [3.05, 3.63) is 46.8 Å². The van der Waals surface area contributed by atoms with Gasteiger partial charge >= 0.3 is 0 Å². The van der Waals surface area contributed by atoms with Gasteiger partial charge in [0.15, 0.2) is 0 Å². The van der Waals surface area contributed by atoms with Gasteiger partial charge in [0.1, 0.15) is 11.9 Å². The van der Waals surface area contributed by atoms with E-state index in [0.717, 1.165) is 22.7 Å². The third-order valence-corrected chi connectivity index (χ3v) is 3.99. The summed E-state index contributed by atoms with van der Waals surface area (Å²) in [5.74, 6) is 0.788. The zero-order valence-electron chi connectivity index (χ0n) is 12.7. The summed E-state index contributed by atoms with van der Waals surface area (Å²) in [4.78, 5) is 0. The number of aliphatic hydroxyl groups is 1. The molecule has 2 aromatic rings. The normalized spacial score (nSPS) is 14.1.